The van der Waals surface area contributed by atoms with Gasteiger partial charge in [-0.2, -0.15) is 0 Å². The molecule has 0 aromatic heterocycles. The Morgan fingerprint density at radius 1 is 1.06 bits per heavy atom. The average Bonchev–Trinajstić information content (AvgIpc) is 2.36. The lowest BCUT2D eigenvalue weighted by atomic mass is 10.1. The van der Waals surface area contributed by atoms with Crippen LogP contribution >= 0.6 is 0 Å². The minimum atomic E-state index is -0.0577. The zero-order valence-electron chi connectivity index (χ0n) is 9.88. The Labute approximate surface area is 104 Å². The number of rotatable bonds is 2. The molecular formula is C13H13N3O2. The number of ketones is 1. The lowest BCUT2D eigenvalue weighted by Crippen LogP contribution is -2.00. The van der Waals surface area contributed by atoms with Crippen LogP contribution in [0.2, 0.25) is 0 Å². The Balaban J connectivity index is 2.43. The van der Waals surface area contributed by atoms with Crippen molar-refractivity contribution in [1.82, 2.24) is 0 Å². The molecule has 92 valence electrons. The van der Waals surface area contributed by atoms with Gasteiger partial charge < -0.3 is 16.2 Å². The molecule has 0 radical (unpaired) electrons. The fraction of sp³-hybridized carbons (Fsp3) is 0.0769. The van der Waals surface area contributed by atoms with Gasteiger partial charge in [-0.3, -0.25) is 4.79 Å². The molecule has 0 saturated heterocycles. The summed E-state index contributed by atoms with van der Waals surface area (Å²) in [6.07, 6.45) is 6.17. The number of carbonyl (C=O) groups excluding carboxylic acids is 1. The molecule has 0 bridgehead atoms. The van der Waals surface area contributed by atoms with Crippen molar-refractivity contribution in [1.29, 1.82) is 0 Å². The molecule has 0 aliphatic heterocycles. The van der Waals surface area contributed by atoms with Crippen LogP contribution in [0, 0.1) is 0 Å². The first-order valence-electron chi connectivity index (χ1n) is 5.32. The van der Waals surface area contributed by atoms with E-state index in [1.54, 1.807) is 24.3 Å². The van der Waals surface area contributed by atoms with E-state index >= 15 is 0 Å². The van der Waals surface area contributed by atoms with Gasteiger partial charge in [0.15, 0.2) is 5.78 Å². The van der Waals surface area contributed by atoms with Crippen molar-refractivity contribution in [3.8, 4) is 5.75 Å². The molecule has 1 aliphatic carbocycles. The minimum Gasteiger partial charge on any atom is -0.494 e. The molecule has 0 fully saturated rings. The number of allylic oxidation sites excluding steroid dienone is 4. The molecule has 18 heavy (non-hydrogen) atoms. The van der Waals surface area contributed by atoms with Gasteiger partial charge >= 0.3 is 0 Å². The summed E-state index contributed by atoms with van der Waals surface area (Å²) in [7, 11) is 1.53. The summed E-state index contributed by atoms with van der Waals surface area (Å²) in [5.41, 5.74) is 13.5. The largest absolute Gasteiger partial charge is 0.494 e. The quantitative estimate of drug-likeness (QED) is 0.610. The van der Waals surface area contributed by atoms with Crippen molar-refractivity contribution < 1.29 is 9.53 Å². The van der Waals surface area contributed by atoms with Crippen LogP contribution in [-0.4, -0.2) is 18.6 Å². The highest BCUT2D eigenvalue weighted by Crippen LogP contribution is 2.34. The molecule has 5 heteroatoms. The van der Waals surface area contributed by atoms with Crippen molar-refractivity contribution in [2.24, 2.45) is 4.99 Å². The molecule has 1 aromatic carbocycles. The molecule has 0 amide bonds. The van der Waals surface area contributed by atoms with Gasteiger partial charge in [-0.05, 0) is 30.4 Å². The maximum atomic E-state index is 11.0. The normalized spacial score (nSPS) is 13.8. The van der Waals surface area contributed by atoms with E-state index in [-0.39, 0.29) is 5.78 Å². The summed E-state index contributed by atoms with van der Waals surface area (Å²) in [6, 6.07) is 3.26. The Bertz CT molecular complexity index is 568. The average molecular weight is 243 g/mol. The number of hydrogen-bond donors (Lipinski definition) is 2. The Hall–Kier alpha value is -2.56. The molecule has 5 nitrogen and oxygen atoms in total. The number of nitrogen functional groups attached to an aromatic ring is 2. The third kappa shape index (κ3) is 2.40. The van der Waals surface area contributed by atoms with Crippen molar-refractivity contribution in [2.75, 3.05) is 18.6 Å². The number of nitrogens with two attached hydrogens (primary N) is 2. The monoisotopic (exact) mass is 243 g/mol. The van der Waals surface area contributed by atoms with Crippen LogP contribution in [0.3, 0.4) is 0 Å². The maximum Gasteiger partial charge on any atom is 0.178 e. The third-order valence-corrected chi connectivity index (χ3v) is 2.47. The summed E-state index contributed by atoms with van der Waals surface area (Å²) in [5.74, 6) is 0.477. The van der Waals surface area contributed by atoms with Gasteiger partial charge in [0.25, 0.3) is 0 Å². The highest BCUT2D eigenvalue weighted by molar-refractivity contribution is 6.17. The summed E-state index contributed by atoms with van der Waals surface area (Å²) in [4.78, 5) is 15.3. The molecule has 0 atom stereocenters. The Morgan fingerprint density at radius 2 is 1.67 bits per heavy atom. The van der Waals surface area contributed by atoms with Crippen molar-refractivity contribution >= 4 is 28.6 Å². The molecule has 0 spiro atoms. The van der Waals surface area contributed by atoms with Crippen LogP contribution in [0.25, 0.3) is 0 Å². The van der Waals surface area contributed by atoms with Crippen molar-refractivity contribution in [3.63, 3.8) is 0 Å². The standard InChI is InChI=1S/C13H13N3O2/c1-18-13-7-11(15)10(14)6-12(13)16-8-2-4-9(17)5-3-8/h2-7H,14-15H2,1H3. The van der Waals surface area contributed by atoms with Gasteiger partial charge in [0.1, 0.15) is 11.4 Å². The van der Waals surface area contributed by atoms with Gasteiger partial charge in [-0.25, -0.2) is 4.99 Å². The van der Waals surface area contributed by atoms with Gasteiger partial charge in [0.05, 0.1) is 24.2 Å². The number of methoxy groups -OCH3 is 1. The number of hydrogen-bond acceptors (Lipinski definition) is 5. The highest BCUT2D eigenvalue weighted by Gasteiger charge is 2.07. The predicted molar refractivity (Wildman–Crippen MR) is 72.2 cm³/mol. The van der Waals surface area contributed by atoms with Crippen LogP contribution in [0.5, 0.6) is 5.75 Å². The van der Waals surface area contributed by atoms with E-state index in [1.165, 1.54) is 19.3 Å². The lowest BCUT2D eigenvalue weighted by molar-refractivity contribution is -0.110. The van der Waals surface area contributed by atoms with Crippen molar-refractivity contribution in [3.05, 3.63) is 36.4 Å². The number of benzene rings is 1. The zero-order valence-corrected chi connectivity index (χ0v) is 9.88. The number of carbonyl (C=O) groups is 1. The van der Waals surface area contributed by atoms with E-state index in [0.717, 1.165) is 0 Å². The van der Waals surface area contributed by atoms with Crippen molar-refractivity contribution in [2.45, 2.75) is 0 Å². The molecule has 0 heterocycles. The van der Waals surface area contributed by atoms with E-state index in [2.05, 4.69) is 4.99 Å². The van der Waals surface area contributed by atoms with Gasteiger partial charge in [-0.1, -0.05) is 0 Å². The van der Waals surface area contributed by atoms with Crippen LogP contribution in [0.15, 0.2) is 41.4 Å². The molecule has 1 aromatic rings. The molecule has 0 unspecified atom stereocenters. The minimum absolute atomic E-state index is 0.0577. The molecule has 2 rings (SSSR count). The molecule has 4 N–H and O–H groups in total. The first-order valence-corrected chi connectivity index (χ1v) is 5.32. The first kappa shape index (κ1) is 11.9. The van der Waals surface area contributed by atoms with E-state index in [0.29, 0.717) is 28.5 Å². The Kier molecular flexibility index (Phi) is 3.14. The highest BCUT2D eigenvalue weighted by atomic mass is 16.5. The van der Waals surface area contributed by atoms with Crippen LogP contribution in [0.1, 0.15) is 0 Å². The number of ether oxygens (including phenoxy) is 1. The Morgan fingerprint density at radius 3 is 2.28 bits per heavy atom. The first-order chi connectivity index (χ1) is 8.60. The maximum absolute atomic E-state index is 11.0. The van der Waals surface area contributed by atoms with E-state index in [4.69, 9.17) is 16.2 Å². The summed E-state index contributed by atoms with van der Waals surface area (Å²) in [5, 5.41) is 0. The fourth-order valence-electron chi connectivity index (χ4n) is 1.51. The van der Waals surface area contributed by atoms with Crippen LogP contribution in [0.4, 0.5) is 17.1 Å². The summed E-state index contributed by atoms with van der Waals surface area (Å²) < 4.78 is 5.19. The van der Waals surface area contributed by atoms with E-state index < -0.39 is 0 Å². The summed E-state index contributed by atoms with van der Waals surface area (Å²) in [6.45, 7) is 0. The van der Waals surface area contributed by atoms with E-state index in [9.17, 15) is 4.79 Å². The fourth-order valence-corrected chi connectivity index (χ4v) is 1.51. The second-order valence-corrected chi connectivity index (χ2v) is 3.76. The number of anilines is 2. The van der Waals surface area contributed by atoms with Crippen LogP contribution < -0.4 is 16.2 Å². The lowest BCUT2D eigenvalue weighted by Gasteiger charge is -2.09. The number of aliphatic imine (C=N–C) groups is 1. The third-order valence-electron chi connectivity index (χ3n) is 2.47. The molecule has 1 aliphatic rings. The zero-order chi connectivity index (χ0) is 13.1. The van der Waals surface area contributed by atoms with Gasteiger partial charge in [0, 0.05) is 6.07 Å². The van der Waals surface area contributed by atoms with Gasteiger partial charge in [0.2, 0.25) is 0 Å². The second-order valence-electron chi connectivity index (χ2n) is 3.76. The second kappa shape index (κ2) is 4.75. The molecule has 0 saturated carbocycles. The topological polar surface area (TPSA) is 90.7 Å². The molecular weight excluding hydrogens is 230 g/mol. The number of nitrogens with zero attached hydrogens (tertiary/aromatic N) is 1. The van der Waals surface area contributed by atoms with Crippen LogP contribution in [-0.2, 0) is 4.79 Å². The van der Waals surface area contributed by atoms with E-state index in [1.807, 2.05) is 0 Å². The summed E-state index contributed by atoms with van der Waals surface area (Å²) >= 11 is 0. The smallest absolute Gasteiger partial charge is 0.178 e. The predicted octanol–water partition coefficient (Wildman–Crippen LogP) is 1.63. The SMILES string of the molecule is COc1cc(N)c(N)cc1N=C1C=CC(=O)C=C1. The van der Waals surface area contributed by atoms with Gasteiger partial charge in [-0.15, -0.1) is 0 Å².